The molecule has 0 saturated carbocycles. The zero-order valence-electron chi connectivity index (χ0n) is 16.3. The van der Waals surface area contributed by atoms with Crippen molar-refractivity contribution < 1.29 is 19.6 Å². The fourth-order valence-electron chi connectivity index (χ4n) is 3.79. The van der Waals surface area contributed by atoms with Gasteiger partial charge < -0.3 is 5.32 Å². The average Bonchev–Trinajstić information content (AvgIpc) is 3.04. The van der Waals surface area contributed by atoms with Gasteiger partial charge in [-0.3, -0.25) is 20.1 Å². The number of hydrogen-bond donors (Lipinski definition) is 3. The molecule has 4 amide bonds. The average molecular weight is 395 g/mol. The number of urea groups is 1. The number of carbonyl (C=O) groups is 3. The van der Waals surface area contributed by atoms with E-state index in [1.54, 1.807) is 0 Å². The van der Waals surface area contributed by atoms with E-state index in [-0.39, 0.29) is 12.8 Å². The largest absolute Gasteiger partial charge is 0.322 e. The molecule has 0 aliphatic carbocycles. The van der Waals surface area contributed by atoms with E-state index in [9.17, 15) is 19.6 Å². The van der Waals surface area contributed by atoms with Crippen molar-refractivity contribution >= 4 is 18.3 Å². The molecule has 0 spiro atoms. The third-order valence-electron chi connectivity index (χ3n) is 5.38. The molecule has 3 N–H and O–H groups in total. The lowest BCUT2D eigenvalue weighted by atomic mass is 9.81. The molecular weight excluding hydrogens is 370 g/mol. The molecule has 2 atom stereocenters. The summed E-state index contributed by atoms with van der Waals surface area (Å²) in [5.74, 6) is -0.525. The highest BCUT2D eigenvalue weighted by Crippen LogP contribution is 2.29. The van der Waals surface area contributed by atoms with Crippen LogP contribution in [0.5, 0.6) is 0 Å². The minimum atomic E-state index is -1.37. The van der Waals surface area contributed by atoms with E-state index in [1.165, 1.54) is 0 Å². The molecular formula is C22H25N3O4. The summed E-state index contributed by atoms with van der Waals surface area (Å²) in [5.41, 5.74) is 1.57. The molecule has 152 valence electrons. The Morgan fingerprint density at radius 2 is 1.72 bits per heavy atom. The maximum atomic E-state index is 12.7. The highest BCUT2D eigenvalue weighted by atomic mass is 16.5. The quantitative estimate of drug-likeness (QED) is 0.263. The molecule has 3 rings (SSSR count). The smallest absolute Gasteiger partial charge is 0.321 e. The second kappa shape index (κ2) is 8.87. The molecule has 0 radical (unpaired) electrons. The number of hydroxylamine groups is 2. The maximum absolute atomic E-state index is 12.7. The van der Waals surface area contributed by atoms with Gasteiger partial charge in [0, 0.05) is 0 Å². The number of carbonyl (C=O) groups excluding carboxylic acids is 3. The van der Waals surface area contributed by atoms with Crippen LogP contribution in [0.3, 0.4) is 0 Å². The molecule has 0 bridgehead atoms. The van der Waals surface area contributed by atoms with Crippen LogP contribution in [0.15, 0.2) is 54.6 Å². The molecule has 1 aliphatic rings. The Kier molecular flexibility index (Phi) is 6.29. The van der Waals surface area contributed by atoms with Gasteiger partial charge >= 0.3 is 6.03 Å². The van der Waals surface area contributed by atoms with Crippen LogP contribution in [-0.2, 0) is 16.0 Å². The number of nitrogens with zero attached hydrogens (tertiary/aromatic N) is 1. The normalized spacial score (nSPS) is 19.4. The van der Waals surface area contributed by atoms with Gasteiger partial charge in [0.25, 0.3) is 5.91 Å². The van der Waals surface area contributed by atoms with E-state index < -0.39 is 23.5 Å². The van der Waals surface area contributed by atoms with Crippen LogP contribution in [0.2, 0.25) is 0 Å². The molecule has 7 nitrogen and oxygen atoms in total. The van der Waals surface area contributed by atoms with E-state index in [0.29, 0.717) is 17.9 Å². The van der Waals surface area contributed by atoms with Gasteiger partial charge in [-0.25, -0.2) is 9.86 Å². The maximum Gasteiger partial charge on any atom is 0.322 e. The van der Waals surface area contributed by atoms with E-state index in [4.69, 9.17) is 0 Å². The van der Waals surface area contributed by atoms with Crippen molar-refractivity contribution in [3.8, 4) is 11.1 Å². The fraction of sp³-hybridized carbons (Fsp3) is 0.318. The van der Waals surface area contributed by atoms with Gasteiger partial charge in [0.2, 0.25) is 6.41 Å². The molecule has 1 fully saturated rings. The Hall–Kier alpha value is -3.19. The Balaban J connectivity index is 1.89. The van der Waals surface area contributed by atoms with E-state index in [1.807, 2.05) is 61.5 Å². The van der Waals surface area contributed by atoms with Crippen LogP contribution in [0, 0.1) is 0 Å². The number of rotatable bonds is 9. The summed E-state index contributed by atoms with van der Waals surface area (Å²) in [5, 5.41) is 15.7. The van der Waals surface area contributed by atoms with Crippen molar-refractivity contribution in [2.75, 3.05) is 0 Å². The lowest BCUT2D eigenvalue weighted by Crippen LogP contribution is -2.62. The van der Waals surface area contributed by atoms with Crippen molar-refractivity contribution in [1.29, 1.82) is 0 Å². The predicted octanol–water partition coefficient (Wildman–Crippen LogP) is 2.88. The Bertz CT molecular complexity index is 869. The molecule has 7 heteroatoms. The number of unbranched alkanes of at least 4 members (excludes halogenated alkanes) is 1. The van der Waals surface area contributed by atoms with Gasteiger partial charge in [-0.1, -0.05) is 74.4 Å². The Morgan fingerprint density at radius 3 is 2.28 bits per heavy atom. The summed E-state index contributed by atoms with van der Waals surface area (Å²) < 4.78 is 0. The first kappa shape index (κ1) is 20.5. The molecule has 2 aromatic carbocycles. The number of nitrogens with one attached hydrogen (secondary N) is 2. The molecule has 1 saturated heterocycles. The minimum absolute atomic E-state index is 0.210. The molecule has 1 heterocycles. The first-order valence-corrected chi connectivity index (χ1v) is 9.70. The van der Waals surface area contributed by atoms with Crippen LogP contribution >= 0.6 is 0 Å². The summed E-state index contributed by atoms with van der Waals surface area (Å²) >= 11 is 0. The van der Waals surface area contributed by atoms with Gasteiger partial charge in [0.05, 0.1) is 6.04 Å². The topological polar surface area (TPSA) is 98.7 Å². The van der Waals surface area contributed by atoms with Gasteiger partial charge in [0.15, 0.2) is 0 Å². The summed E-state index contributed by atoms with van der Waals surface area (Å²) in [6.45, 7) is 1.97. The van der Waals surface area contributed by atoms with Crippen molar-refractivity contribution in [2.45, 2.75) is 44.2 Å². The van der Waals surface area contributed by atoms with Gasteiger partial charge in [-0.05, 0) is 29.5 Å². The number of hydrogen-bond acceptors (Lipinski definition) is 4. The first-order chi connectivity index (χ1) is 14.0. The van der Waals surface area contributed by atoms with E-state index in [0.717, 1.165) is 23.1 Å². The predicted molar refractivity (Wildman–Crippen MR) is 108 cm³/mol. The zero-order chi connectivity index (χ0) is 20.9. The van der Waals surface area contributed by atoms with Gasteiger partial charge in [-0.15, -0.1) is 0 Å². The highest BCUT2D eigenvalue weighted by molar-refractivity contribution is 6.07. The number of benzene rings is 2. The van der Waals surface area contributed by atoms with Crippen molar-refractivity contribution in [1.82, 2.24) is 15.7 Å². The number of imide groups is 1. The molecule has 2 aromatic rings. The fourth-order valence-corrected chi connectivity index (χ4v) is 3.79. The van der Waals surface area contributed by atoms with Crippen LogP contribution in [0.4, 0.5) is 4.79 Å². The molecule has 1 aliphatic heterocycles. The van der Waals surface area contributed by atoms with Crippen LogP contribution < -0.4 is 10.6 Å². The van der Waals surface area contributed by atoms with E-state index >= 15 is 0 Å². The van der Waals surface area contributed by atoms with Crippen molar-refractivity contribution in [3.63, 3.8) is 0 Å². The summed E-state index contributed by atoms with van der Waals surface area (Å²) in [7, 11) is 0. The Morgan fingerprint density at radius 1 is 1.07 bits per heavy atom. The molecule has 29 heavy (non-hydrogen) atoms. The van der Waals surface area contributed by atoms with Crippen LogP contribution in [-0.4, -0.2) is 40.2 Å². The van der Waals surface area contributed by atoms with Crippen molar-refractivity contribution in [3.05, 3.63) is 60.2 Å². The summed E-state index contributed by atoms with van der Waals surface area (Å²) in [6.07, 6.45) is 2.26. The third kappa shape index (κ3) is 4.30. The van der Waals surface area contributed by atoms with Crippen LogP contribution in [0.25, 0.3) is 11.1 Å². The standard InChI is InChI=1S/C22H25N3O4/c1-2-3-13-22(20(27)23-21(28)24-22)19(25(29)15-26)14-16-9-11-18(12-10-16)17-7-5-4-6-8-17/h4-12,15,19,29H,2-3,13-14H2,1H3,(H2,23,24,27,28)/t19?,22-/m0/s1. The highest BCUT2D eigenvalue weighted by Gasteiger charge is 2.53. The second-order valence-corrected chi connectivity index (χ2v) is 7.25. The third-order valence-corrected chi connectivity index (χ3v) is 5.38. The lowest BCUT2D eigenvalue weighted by Gasteiger charge is -2.37. The van der Waals surface area contributed by atoms with Gasteiger partial charge in [0.1, 0.15) is 5.54 Å². The number of amides is 4. The lowest BCUT2D eigenvalue weighted by molar-refractivity contribution is -0.170. The second-order valence-electron chi connectivity index (χ2n) is 7.25. The summed E-state index contributed by atoms with van der Waals surface area (Å²) in [6, 6.07) is 16.1. The zero-order valence-corrected chi connectivity index (χ0v) is 16.3. The minimum Gasteiger partial charge on any atom is -0.321 e. The first-order valence-electron chi connectivity index (χ1n) is 9.70. The SMILES string of the molecule is CCCC[C@@]1(C(Cc2ccc(-c3ccccc3)cc2)N(O)C=O)NC(=O)NC1=O. The van der Waals surface area contributed by atoms with Gasteiger partial charge in [-0.2, -0.15) is 0 Å². The molecule has 1 unspecified atom stereocenters. The summed E-state index contributed by atoms with van der Waals surface area (Å²) in [4.78, 5) is 35.9. The Labute approximate surface area is 169 Å². The van der Waals surface area contributed by atoms with Crippen molar-refractivity contribution in [2.24, 2.45) is 0 Å². The molecule has 0 aromatic heterocycles. The van der Waals surface area contributed by atoms with Crippen LogP contribution in [0.1, 0.15) is 31.7 Å². The monoisotopic (exact) mass is 395 g/mol. The van der Waals surface area contributed by atoms with E-state index in [2.05, 4.69) is 10.6 Å².